The van der Waals surface area contributed by atoms with E-state index in [1.165, 1.54) is 0 Å². The maximum Gasteiger partial charge on any atom is 0.162 e. The Morgan fingerprint density at radius 3 is 2.58 bits per heavy atom. The third-order valence-electron chi connectivity index (χ3n) is 2.91. The van der Waals surface area contributed by atoms with Crippen molar-refractivity contribution in [2.75, 3.05) is 11.9 Å². The van der Waals surface area contributed by atoms with Crippen LogP contribution in [0.15, 0.2) is 12.4 Å². The van der Waals surface area contributed by atoms with Crippen LogP contribution in [0, 0.1) is 13.8 Å². The Morgan fingerprint density at radius 2 is 2.00 bits per heavy atom. The molecule has 0 aliphatic rings. The Labute approximate surface area is 114 Å². The Balaban J connectivity index is 2.51. The van der Waals surface area contributed by atoms with Gasteiger partial charge in [0.15, 0.2) is 5.82 Å². The lowest BCUT2D eigenvalue weighted by atomic mass is 10.2. The molecule has 2 heterocycles. The van der Waals surface area contributed by atoms with Crippen molar-refractivity contribution >= 4 is 5.82 Å². The van der Waals surface area contributed by atoms with Gasteiger partial charge in [0.25, 0.3) is 0 Å². The van der Waals surface area contributed by atoms with E-state index in [1.54, 1.807) is 0 Å². The van der Waals surface area contributed by atoms with Crippen molar-refractivity contribution in [3.63, 3.8) is 0 Å². The second-order valence-electron chi connectivity index (χ2n) is 4.68. The molecule has 0 aliphatic heterocycles. The van der Waals surface area contributed by atoms with E-state index in [4.69, 9.17) is 0 Å². The number of hydrogen-bond acceptors (Lipinski definition) is 4. The van der Waals surface area contributed by atoms with Crippen LogP contribution in [-0.4, -0.2) is 26.3 Å². The first-order valence-corrected chi connectivity index (χ1v) is 6.78. The van der Waals surface area contributed by atoms with E-state index in [1.807, 2.05) is 30.9 Å². The van der Waals surface area contributed by atoms with Gasteiger partial charge in [-0.15, -0.1) is 0 Å². The van der Waals surface area contributed by atoms with E-state index in [-0.39, 0.29) is 0 Å². The Hall–Kier alpha value is -1.91. The molecule has 0 saturated carbocycles. The number of aryl methyl sites for hydroxylation is 2. The van der Waals surface area contributed by atoms with Crippen molar-refractivity contribution in [2.45, 2.75) is 40.5 Å². The Bertz CT molecular complexity index is 559. The molecule has 0 atom stereocenters. The van der Waals surface area contributed by atoms with Gasteiger partial charge in [0.2, 0.25) is 0 Å². The van der Waals surface area contributed by atoms with Crippen molar-refractivity contribution in [2.24, 2.45) is 0 Å². The van der Waals surface area contributed by atoms with Crippen LogP contribution in [0.4, 0.5) is 5.82 Å². The summed E-state index contributed by atoms with van der Waals surface area (Å²) in [7, 11) is 0. The lowest BCUT2D eigenvalue weighted by Crippen LogP contribution is -2.11. The molecule has 2 rings (SSSR count). The van der Waals surface area contributed by atoms with E-state index in [0.717, 1.165) is 48.0 Å². The van der Waals surface area contributed by atoms with E-state index in [9.17, 15) is 0 Å². The van der Waals surface area contributed by atoms with Gasteiger partial charge in [-0.3, -0.25) is 0 Å². The van der Waals surface area contributed by atoms with Gasteiger partial charge in [0.05, 0.1) is 6.20 Å². The summed E-state index contributed by atoms with van der Waals surface area (Å²) in [4.78, 5) is 9.22. The maximum absolute atomic E-state index is 4.64. The van der Waals surface area contributed by atoms with Gasteiger partial charge in [-0.05, 0) is 32.8 Å². The number of nitrogens with zero attached hydrogens (tertiary/aromatic N) is 4. The maximum atomic E-state index is 4.64. The van der Waals surface area contributed by atoms with Gasteiger partial charge >= 0.3 is 0 Å². The molecule has 2 aromatic rings. The fraction of sp³-hybridized carbons (Fsp3) is 0.500. The zero-order valence-corrected chi connectivity index (χ0v) is 12.1. The van der Waals surface area contributed by atoms with Gasteiger partial charge in [-0.25, -0.2) is 14.6 Å². The number of nitrogens with one attached hydrogen (secondary N) is 1. The summed E-state index contributed by atoms with van der Waals surface area (Å²) in [5.41, 5.74) is 2.16. The van der Waals surface area contributed by atoms with Gasteiger partial charge in [-0.1, -0.05) is 6.92 Å². The first-order valence-electron chi connectivity index (χ1n) is 6.78. The molecule has 1 N–H and O–H groups in total. The highest BCUT2D eigenvalue weighted by atomic mass is 15.3. The molecular weight excluding hydrogens is 238 g/mol. The smallest absolute Gasteiger partial charge is 0.162 e. The SMILES string of the molecule is CCCc1nc(NCC)c(C)c(-n2cc(C)cn2)n1. The fourth-order valence-electron chi connectivity index (χ4n) is 1.98. The highest BCUT2D eigenvalue weighted by molar-refractivity contribution is 5.51. The lowest BCUT2D eigenvalue weighted by molar-refractivity contribution is 0.777. The fourth-order valence-corrected chi connectivity index (χ4v) is 1.98. The largest absolute Gasteiger partial charge is 0.370 e. The summed E-state index contributed by atoms with van der Waals surface area (Å²) in [5, 5.41) is 7.65. The molecule has 0 aromatic carbocycles. The van der Waals surface area contributed by atoms with Crippen LogP contribution >= 0.6 is 0 Å². The van der Waals surface area contributed by atoms with Crippen LogP contribution in [0.5, 0.6) is 0 Å². The second-order valence-corrected chi connectivity index (χ2v) is 4.68. The highest BCUT2D eigenvalue weighted by Crippen LogP contribution is 2.19. The molecule has 0 unspecified atom stereocenters. The summed E-state index contributed by atoms with van der Waals surface area (Å²) in [5.74, 6) is 2.64. The third kappa shape index (κ3) is 2.92. The predicted octanol–water partition coefficient (Wildman–Crippen LogP) is 2.66. The normalized spacial score (nSPS) is 10.7. The molecule has 102 valence electrons. The van der Waals surface area contributed by atoms with Gasteiger partial charge < -0.3 is 5.32 Å². The quantitative estimate of drug-likeness (QED) is 0.897. The van der Waals surface area contributed by atoms with Crippen molar-refractivity contribution in [3.8, 4) is 5.82 Å². The highest BCUT2D eigenvalue weighted by Gasteiger charge is 2.12. The van der Waals surface area contributed by atoms with Crippen molar-refractivity contribution in [3.05, 3.63) is 29.3 Å². The first-order chi connectivity index (χ1) is 9.15. The molecule has 0 amide bonds. The summed E-state index contributed by atoms with van der Waals surface area (Å²) < 4.78 is 1.83. The average Bonchev–Trinajstić information content (AvgIpc) is 2.80. The molecule has 5 nitrogen and oxygen atoms in total. The van der Waals surface area contributed by atoms with E-state index >= 15 is 0 Å². The van der Waals surface area contributed by atoms with Crippen LogP contribution in [0.2, 0.25) is 0 Å². The van der Waals surface area contributed by atoms with Gasteiger partial charge in [0.1, 0.15) is 11.6 Å². The van der Waals surface area contributed by atoms with Crippen LogP contribution in [0.1, 0.15) is 37.2 Å². The van der Waals surface area contributed by atoms with E-state index < -0.39 is 0 Å². The summed E-state index contributed by atoms with van der Waals surface area (Å²) in [6, 6.07) is 0. The van der Waals surface area contributed by atoms with Crippen LogP contribution in [0.25, 0.3) is 5.82 Å². The topological polar surface area (TPSA) is 55.6 Å². The van der Waals surface area contributed by atoms with Gasteiger partial charge in [-0.2, -0.15) is 5.10 Å². The molecule has 0 saturated heterocycles. The number of anilines is 1. The zero-order valence-electron chi connectivity index (χ0n) is 12.1. The molecule has 19 heavy (non-hydrogen) atoms. The van der Waals surface area contributed by atoms with Crippen LogP contribution in [0.3, 0.4) is 0 Å². The minimum Gasteiger partial charge on any atom is -0.370 e. The molecule has 5 heteroatoms. The van der Waals surface area contributed by atoms with Crippen molar-refractivity contribution in [1.82, 2.24) is 19.7 Å². The molecule has 0 spiro atoms. The number of rotatable bonds is 5. The lowest BCUT2D eigenvalue weighted by Gasteiger charge is -2.12. The standard InChI is InChI=1S/C14H21N5/c1-5-7-12-17-13(15-6-2)11(4)14(18-12)19-9-10(3)8-16-19/h8-9H,5-7H2,1-4H3,(H,15,17,18). The Kier molecular flexibility index (Phi) is 4.14. The molecule has 0 aliphatic carbocycles. The summed E-state index contributed by atoms with van der Waals surface area (Å²) >= 11 is 0. The monoisotopic (exact) mass is 259 g/mol. The molecular formula is C14H21N5. The average molecular weight is 259 g/mol. The number of hydrogen-bond donors (Lipinski definition) is 1. The first kappa shape index (κ1) is 13.5. The number of aromatic nitrogens is 4. The molecule has 2 aromatic heterocycles. The predicted molar refractivity (Wildman–Crippen MR) is 76.8 cm³/mol. The molecule has 0 radical (unpaired) electrons. The minimum atomic E-state index is 0.848. The van der Waals surface area contributed by atoms with Crippen molar-refractivity contribution < 1.29 is 0 Å². The molecule has 0 fully saturated rings. The minimum absolute atomic E-state index is 0.848. The third-order valence-corrected chi connectivity index (χ3v) is 2.91. The molecule has 0 bridgehead atoms. The van der Waals surface area contributed by atoms with Crippen molar-refractivity contribution in [1.29, 1.82) is 0 Å². The van der Waals surface area contributed by atoms with E-state index in [0.29, 0.717) is 0 Å². The zero-order chi connectivity index (χ0) is 13.8. The Morgan fingerprint density at radius 1 is 1.21 bits per heavy atom. The van der Waals surface area contributed by atoms with E-state index in [2.05, 4.69) is 34.2 Å². The van der Waals surface area contributed by atoms with Crippen LogP contribution in [-0.2, 0) is 6.42 Å². The summed E-state index contributed by atoms with van der Waals surface area (Å²) in [6.45, 7) is 9.10. The summed E-state index contributed by atoms with van der Waals surface area (Å²) in [6.07, 6.45) is 5.74. The van der Waals surface area contributed by atoms with Crippen LogP contribution < -0.4 is 5.32 Å². The second kappa shape index (κ2) is 5.82. The van der Waals surface area contributed by atoms with Gasteiger partial charge in [0, 0.05) is 24.7 Å².